The molecule has 0 saturated heterocycles. The van der Waals surface area contributed by atoms with Gasteiger partial charge in [0, 0.05) is 10.5 Å². The van der Waals surface area contributed by atoms with Gasteiger partial charge in [-0.3, -0.25) is 0 Å². The molecule has 0 aromatic heterocycles. The van der Waals surface area contributed by atoms with E-state index in [-0.39, 0.29) is 0 Å². The summed E-state index contributed by atoms with van der Waals surface area (Å²) in [7, 11) is 0. The first-order valence-corrected chi connectivity index (χ1v) is 8.27. The lowest BCUT2D eigenvalue weighted by molar-refractivity contribution is 0.292. The third kappa shape index (κ3) is 3.66. The van der Waals surface area contributed by atoms with Gasteiger partial charge in [-0.05, 0) is 61.1 Å². The minimum atomic E-state index is 0.335. The van der Waals surface area contributed by atoms with Gasteiger partial charge in [0.15, 0.2) is 0 Å². The molecule has 0 unspecified atom stereocenters. The molecule has 3 rings (SSSR count). The maximum Gasteiger partial charge on any atom is 0.115 e. The Labute approximate surface area is 134 Å². The van der Waals surface area contributed by atoms with E-state index in [4.69, 9.17) is 0 Å². The standard InChI is InChI=1S/C18H20BrNO/c19-18-4-2-1-3-17(18)14-11-15(12-14)20-10-9-13-5-7-16(21)8-6-13/h1-8,14-15,20-21H,9-12H2. The first kappa shape index (κ1) is 14.6. The van der Waals surface area contributed by atoms with Crippen molar-refractivity contribution in [1.29, 1.82) is 0 Å². The van der Waals surface area contributed by atoms with E-state index in [0.29, 0.717) is 17.7 Å². The van der Waals surface area contributed by atoms with Gasteiger partial charge in [-0.1, -0.05) is 46.3 Å². The second-order valence-corrected chi connectivity index (χ2v) is 6.61. The number of phenols is 1. The monoisotopic (exact) mass is 345 g/mol. The Morgan fingerprint density at radius 1 is 1.05 bits per heavy atom. The Morgan fingerprint density at radius 3 is 2.48 bits per heavy atom. The van der Waals surface area contributed by atoms with Crippen molar-refractivity contribution in [1.82, 2.24) is 5.32 Å². The molecule has 1 saturated carbocycles. The Morgan fingerprint density at radius 2 is 1.76 bits per heavy atom. The van der Waals surface area contributed by atoms with Crippen LogP contribution < -0.4 is 5.32 Å². The molecule has 2 N–H and O–H groups in total. The minimum Gasteiger partial charge on any atom is -0.508 e. The molecule has 0 aliphatic heterocycles. The van der Waals surface area contributed by atoms with Gasteiger partial charge in [0.1, 0.15) is 5.75 Å². The zero-order chi connectivity index (χ0) is 14.7. The summed E-state index contributed by atoms with van der Waals surface area (Å²) in [6.07, 6.45) is 3.45. The second kappa shape index (κ2) is 6.63. The summed E-state index contributed by atoms with van der Waals surface area (Å²) < 4.78 is 1.23. The van der Waals surface area contributed by atoms with Crippen LogP contribution in [0.5, 0.6) is 5.75 Å². The number of halogens is 1. The number of nitrogens with one attached hydrogen (secondary N) is 1. The molecular weight excluding hydrogens is 326 g/mol. The van der Waals surface area contributed by atoms with Crippen LogP contribution in [0.15, 0.2) is 53.0 Å². The topological polar surface area (TPSA) is 32.3 Å². The average Bonchev–Trinajstić information content (AvgIpc) is 2.45. The molecule has 0 spiro atoms. The zero-order valence-corrected chi connectivity index (χ0v) is 13.5. The van der Waals surface area contributed by atoms with Crippen LogP contribution in [-0.2, 0) is 6.42 Å². The van der Waals surface area contributed by atoms with Gasteiger partial charge in [-0.25, -0.2) is 0 Å². The minimum absolute atomic E-state index is 0.335. The molecule has 1 aliphatic carbocycles. The first-order valence-electron chi connectivity index (χ1n) is 7.48. The Hall–Kier alpha value is -1.32. The number of aromatic hydroxyl groups is 1. The highest BCUT2D eigenvalue weighted by molar-refractivity contribution is 9.10. The largest absolute Gasteiger partial charge is 0.508 e. The predicted molar refractivity (Wildman–Crippen MR) is 89.7 cm³/mol. The van der Waals surface area contributed by atoms with Crippen molar-refractivity contribution in [3.63, 3.8) is 0 Å². The normalized spacial score (nSPS) is 21.0. The predicted octanol–water partition coefficient (Wildman–Crippen LogP) is 4.23. The molecule has 110 valence electrons. The molecule has 0 bridgehead atoms. The summed E-state index contributed by atoms with van der Waals surface area (Å²) in [6, 6.07) is 16.7. The maximum absolute atomic E-state index is 9.26. The van der Waals surface area contributed by atoms with Gasteiger partial charge in [0.2, 0.25) is 0 Å². The zero-order valence-electron chi connectivity index (χ0n) is 11.9. The van der Waals surface area contributed by atoms with Gasteiger partial charge in [0.05, 0.1) is 0 Å². The van der Waals surface area contributed by atoms with E-state index in [1.54, 1.807) is 12.1 Å². The maximum atomic E-state index is 9.26. The number of hydrogen-bond donors (Lipinski definition) is 2. The second-order valence-electron chi connectivity index (χ2n) is 5.76. The fraction of sp³-hybridized carbons (Fsp3) is 0.333. The van der Waals surface area contributed by atoms with Crippen LogP contribution >= 0.6 is 15.9 Å². The highest BCUT2D eigenvalue weighted by Gasteiger charge is 2.30. The lowest BCUT2D eigenvalue weighted by Crippen LogP contribution is -2.41. The number of rotatable bonds is 5. The molecule has 1 fully saturated rings. The van der Waals surface area contributed by atoms with Gasteiger partial charge in [-0.15, -0.1) is 0 Å². The number of benzene rings is 2. The molecule has 0 atom stereocenters. The highest BCUT2D eigenvalue weighted by atomic mass is 79.9. The van der Waals surface area contributed by atoms with E-state index in [2.05, 4.69) is 45.5 Å². The summed E-state index contributed by atoms with van der Waals surface area (Å²) in [6.45, 7) is 0.998. The summed E-state index contributed by atoms with van der Waals surface area (Å²) in [5.41, 5.74) is 2.70. The molecule has 2 nitrogen and oxygen atoms in total. The summed E-state index contributed by atoms with van der Waals surface area (Å²) in [5, 5.41) is 12.9. The summed E-state index contributed by atoms with van der Waals surface area (Å²) >= 11 is 3.64. The molecule has 0 amide bonds. The number of phenolic OH excluding ortho intramolecular Hbond substituents is 1. The molecule has 0 radical (unpaired) electrons. The van der Waals surface area contributed by atoms with E-state index in [9.17, 15) is 5.11 Å². The van der Waals surface area contributed by atoms with E-state index in [1.807, 2.05) is 12.1 Å². The Kier molecular flexibility index (Phi) is 4.61. The molecule has 1 aliphatic rings. The fourth-order valence-corrected chi connectivity index (χ4v) is 3.54. The van der Waals surface area contributed by atoms with Gasteiger partial charge < -0.3 is 10.4 Å². The van der Waals surface area contributed by atoms with Crippen molar-refractivity contribution < 1.29 is 5.11 Å². The molecule has 2 aromatic rings. The lowest BCUT2D eigenvalue weighted by atomic mass is 9.76. The van der Waals surface area contributed by atoms with E-state index >= 15 is 0 Å². The van der Waals surface area contributed by atoms with Crippen molar-refractivity contribution in [3.05, 3.63) is 64.1 Å². The molecular formula is C18H20BrNO. The van der Waals surface area contributed by atoms with Crippen molar-refractivity contribution in [2.24, 2.45) is 0 Å². The third-order valence-electron chi connectivity index (χ3n) is 4.27. The van der Waals surface area contributed by atoms with E-state index in [1.165, 1.54) is 28.4 Å². The molecule has 21 heavy (non-hydrogen) atoms. The van der Waals surface area contributed by atoms with E-state index in [0.717, 1.165) is 13.0 Å². The first-order chi connectivity index (χ1) is 10.2. The lowest BCUT2D eigenvalue weighted by Gasteiger charge is -2.37. The van der Waals surface area contributed by atoms with Crippen molar-refractivity contribution in [2.75, 3.05) is 6.54 Å². The number of hydrogen-bond acceptors (Lipinski definition) is 2. The smallest absolute Gasteiger partial charge is 0.115 e. The van der Waals surface area contributed by atoms with E-state index < -0.39 is 0 Å². The Bertz CT molecular complexity index is 590. The SMILES string of the molecule is Oc1ccc(CCNC2CC(c3ccccc3Br)C2)cc1. The van der Waals surface area contributed by atoms with Crippen molar-refractivity contribution >= 4 is 15.9 Å². The fourth-order valence-electron chi connectivity index (χ4n) is 2.93. The third-order valence-corrected chi connectivity index (χ3v) is 4.99. The van der Waals surface area contributed by atoms with Crippen LogP contribution in [0.4, 0.5) is 0 Å². The van der Waals surface area contributed by atoms with Crippen LogP contribution in [0.3, 0.4) is 0 Å². The van der Waals surface area contributed by atoms with Crippen LogP contribution in [0, 0.1) is 0 Å². The van der Waals surface area contributed by atoms with Crippen LogP contribution in [0.1, 0.15) is 29.9 Å². The van der Waals surface area contributed by atoms with Gasteiger partial charge >= 0.3 is 0 Å². The average molecular weight is 346 g/mol. The van der Waals surface area contributed by atoms with Gasteiger partial charge in [0.25, 0.3) is 0 Å². The molecule has 2 aromatic carbocycles. The van der Waals surface area contributed by atoms with Crippen LogP contribution in [0.2, 0.25) is 0 Å². The highest BCUT2D eigenvalue weighted by Crippen LogP contribution is 2.39. The molecule has 0 heterocycles. The van der Waals surface area contributed by atoms with Crippen molar-refractivity contribution in [2.45, 2.75) is 31.2 Å². The summed E-state index contributed by atoms with van der Waals surface area (Å²) in [4.78, 5) is 0. The van der Waals surface area contributed by atoms with Crippen molar-refractivity contribution in [3.8, 4) is 5.75 Å². The Balaban J connectivity index is 1.41. The van der Waals surface area contributed by atoms with Crippen LogP contribution in [0.25, 0.3) is 0 Å². The summed E-state index contributed by atoms with van der Waals surface area (Å²) in [5.74, 6) is 1.02. The van der Waals surface area contributed by atoms with Crippen LogP contribution in [-0.4, -0.2) is 17.7 Å². The van der Waals surface area contributed by atoms with Gasteiger partial charge in [-0.2, -0.15) is 0 Å². The molecule has 3 heteroatoms. The quantitative estimate of drug-likeness (QED) is 0.849.